The zero-order valence-electron chi connectivity index (χ0n) is 17.3. The zero-order valence-corrected chi connectivity index (χ0v) is 18.9. The van der Waals surface area contributed by atoms with Gasteiger partial charge in [-0.3, -0.25) is 9.59 Å². The van der Waals surface area contributed by atoms with E-state index in [9.17, 15) is 9.59 Å². The molecule has 0 saturated heterocycles. The fourth-order valence-electron chi connectivity index (χ4n) is 2.97. The number of nitrogens with one attached hydrogen (secondary N) is 1. The number of hydrogen-bond donors (Lipinski definition) is 1. The van der Waals surface area contributed by atoms with Crippen molar-refractivity contribution >= 4 is 27.7 Å². The molecule has 156 valence electrons. The maximum atomic E-state index is 13.1. The van der Waals surface area contributed by atoms with Gasteiger partial charge < -0.3 is 15.0 Å². The van der Waals surface area contributed by atoms with Gasteiger partial charge in [-0.1, -0.05) is 53.5 Å². The Bertz CT molecular complexity index is 808. The van der Waals surface area contributed by atoms with Crippen molar-refractivity contribution in [3.8, 4) is 5.75 Å². The van der Waals surface area contributed by atoms with Crippen molar-refractivity contribution < 1.29 is 14.3 Å². The first-order chi connectivity index (χ1) is 13.9. The average molecular weight is 461 g/mol. The molecule has 2 amide bonds. The lowest BCUT2D eigenvalue weighted by Gasteiger charge is -2.29. The molecule has 29 heavy (non-hydrogen) atoms. The fraction of sp³-hybridized carbons (Fsp3) is 0.391. The van der Waals surface area contributed by atoms with Crippen LogP contribution in [-0.4, -0.2) is 36.4 Å². The molecule has 0 unspecified atom stereocenters. The van der Waals surface area contributed by atoms with Gasteiger partial charge in [0, 0.05) is 17.6 Å². The van der Waals surface area contributed by atoms with E-state index in [0.717, 1.165) is 34.2 Å². The van der Waals surface area contributed by atoms with Crippen molar-refractivity contribution in [2.24, 2.45) is 0 Å². The van der Waals surface area contributed by atoms with E-state index in [0.29, 0.717) is 13.1 Å². The summed E-state index contributed by atoms with van der Waals surface area (Å²) in [6.45, 7) is 4.85. The highest BCUT2D eigenvalue weighted by atomic mass is 79.9. The lowest BCUT2D eigenvalue weighted by molar-refractivity contribution is -0.140. The molecule has 2 aromatic carbocycles. The van der Waals surface area contributed by atoms with Crippen molar-refractivity contribution in [2.75, 3.05) is 13.7 Å². The van der Waals surface area contributed by atoms with E-state index in [1.807, 2.05) is 48.5 Å². The number of unbranched alkanes of at least 4 members (excludes halogenated alkanes) is 1. The summed E-state index contributed by atoms with van der Waals surface area (Å²) in [5.41, 5.74) is 1.85. The van der Waals surface area contributed by atoms with E-state index in [2.05, 4.69) is 28.2 Å². The summed E-state index contributed by atoms with van der Waals surface area (Å²) in [5.74, 6) is 0.528. The highest BCUT2D eigenvalue weighted by molar-refractivity contribution is 9.10. The lowest BCUT2D eigenvalue weighted by atomic mass is 10.1. The minimum absolute atomic E-state index is 0.0896. The van der Waals surface area contributed by atoms with Crippen LogP contribution in [0.15, 0.2) is 53.0 Å². The van der Waals surface area contributed by atoms with E-state index in [1.54, 1.807) is 18.9 Å². The number of methoxy groups -OCH3 is 1. The first-order valence-corrected chi connectivity index (χ1v) is 10.7. The molecule has 0 aliphatic carbocycles. The number of amides is 2. The number of rotatable bonds is 10. The predicted molar refractivity (Wildman–Crippen MR) is 119 cm³/mol. The van der Waals surface area contributed by atoms with Crippen molar-refractivity contribution in [3.63, 3.8) is 0 Å². The van der Waals surface area contributed by atoms with Crippen molar-refractivity contribution in [3.05, 3.63) is 64.1 Å². The third-order valence-corrected chi connectivity index (χ3v) is 5.25. The highest BCUT2D eigenvalue weighted by Gasteiger charge is 2.26. The Kier molecular flexibility index (Phi) is 9.19. The third-order valence-electron chi connectivity index (χ3n) is 4.75. The number of ether oxygens (including phenoxy) is 1. The number of carbonyl (C=O) groups excluding carboxylic acids is 2. The van der Waals surface area contributed by atoms with E-state index in [4.69, 9.17) is 4.74 Å². The van der Waals surface area contributed by atoms with Crippen LogP contribution in [0.4, 0.5) is 0 Å². The second-order valence-electron chi connectivity index (χ2n) is 7.00. The lowest BCUT2D eigenvalue weighted by Crippen LogP contribution is -2.48. The maximum Gasteiger partial charge on any atom is 0.242 e. The second kappa shape index (κ2) is 11.6. The summed E-state index contributed by atoms with van der Waals surface area (Å²) in [7, 11) is 1.61. The van der Waals surface area contributed by atoms with Crippen molar-refractivity contribution in [1.82, 2.24) is 10.2 Å². The van der Waals surface area contributed by atoms with E-state index in [1.165, 1.54) is 0 Å². The molecular weight excluding hydrogens is 432 g/mol. The van der Waals surface area contributed by atoms with Gasteiger partial charge in [-0.15, -0.1) is 0 Å². The van der Waals surface area contributed by atoms with E-state index >= 15 is 0 Å². The van der Waals surface area contributed by atoms with Gasteiger partial charge in [0.1, 0.15) is 11.8 Å². The van der Waals surface area contributed by atoms with Crippen LogP contribution in [-0.2, 0) is 22.6 Å². The molecule has 0 spiro atoms. The minimum atomic E-state index is -0.559. The van der Waals surface area contributed by atoms with Gasteiger partial charge in [0.2, 0.25) is 11.8 Å². The molecule has 1 atom stereocenters. The largest absolute Gasteiger partial charge is 0.497 e. The smallest absolute Gasteiger partial charge is 0.242 e. The Labute approximate surface area is 181 Å². The van der Waals surface area contributed by atoms with Crippen LogP contribution in [0, 0.1) is 0 Å². The number of nitrogens with zero attached hydrogens (tertiary/aromatic N) is 1. The number of halogens is 1. The highest BCUT2D eigenvalue weighted by Crippen LogP contribution is 2.17. The molecule has 0 aromatic heterocycles. The van der Waals surface area contributed by atoms with Crippen LogP contribution in [0.2, 0.25) is 0 Å². The van der Waals surface area contributed by atoms with Gasteiger partial charge in [-0.2, -0.15) is 0 Å². The Morgan fingerprint density at radius 3 is 2.48 bits per heavy atom. The SMILES string of the molecule is CCCCNC(=O)[C@@H](C)N(Cc1cccc(Br)c1)C(=O)Cc1ccc(OC)cc1. The average Bonchev–Trinajstić information content (AvgIpc) is 2.72. The Hall–Kier alpha value is -2.34. The maximum absolute atomic E-state index is 13.1. The summed E-state index contributed by atoms with van der Waals surface area (Å²) in [6.07, 6.45) is 2.15. The minimum Gasteiger partial charge on any atom is -0.497 e. The Morgan fingerprint density at radius 1 is 1.14 bits per heavy atom. The topological polar surface area (TPSA) is 58.6 Å². The first kappa shape index (κ1) is 22.9. The van der Waals surface area contributed by atoms with Crippen molar-refractivity contribution in [2.45, 2.75) is 45.7 Å². The van der Waals surface area contributed by atoms with E-state index < -0.39 is 6.04 Å². The molecule has 2 aromatic rings. The molecule has 0 saturated carbocycles. The van der Waals surface area contributed by atoms with Gasteiger partial charge in [-0.25, -0.2) is 0 Å². The van der Waals surface area contributed by atoms with Crippen LogP contribution in [0.5, 0.6) is 5.75 Å². The van der Waals surface area contributed by atoms with E-state index in [-0.39, 0.29) is 18.2 Å². The van der Waals surface area contributed by atoms with Gasteiger partial charge in [-0.05, 0) is 48.7 Å². The fourth-order valence-corrected chi connectivity index (χ4v) is 3.42. The molecule has 0 aliphatic heterocycles. The molecule has 5 nitrogen and oxygen atoms in total. The van der Waals surface area contributed by atoms with Gasteiger partial charge >= 0.3 is 0 Å². The molecule has 0 heterocycles. The monoisotopic (exact) mass is 460 g/mol. The molecule has 2 rings (SSSR count). The zero-order chi connectivity index (χ0) is 21.2. The molecule has 0 bridgehead atoms. The normalized spacial score (nSPS) is 11.6. The quantitative estimate of drug-likeness (QED) is 0.536. The van der Waals surface area contributed by atoms with Gasteiger partial charge in [0.05, 0.1) is 13.5 Å². The van der Waals surface area contributed by atoms with Crippen LogP contribution in [0.3, 0.4) is 0 Å². The molecule has 0 aliphatic rings. The third kappa shape index (κ3) is 7.20. The number of carbonyl (C=O) groups is 2. The van der Waals surface area contributed by atoms with Crippen LogP contribution in [0.1, 0.15) is 37.8 Å². The summed E-state index contributed by atoms with van der Waals surface area (Å²) < 4.78 is 6.12. The summed E-state index contributed by atoms with van der Waals surface area (Å²) in [4.78, 5) is 27.4. The molecule has 0 fully saturated rings. The molecule has 1 N–H and O–H groups in total. The first-order valence-electron chi connectivity index (χ1n) is 9.89. The van der Waals surface area contributed by atoms with Gasteiger partial charge in [0.15, 0.2) is 0 Å². The predicted octanol–water partition coefficient (Wildman–Crippen LogP) is 4.33. The Morgan fingerprint density at radius 2 is 1.86 bits per heavy atom. The number of benzene rings is 2. The Balaban J connectivity index is 2.17. The molecule has 0 radical (unpaired) electrons. The molecular formula is C23H29BrN2O3. The van der Waals surface area contributed by atoms with Crippen molar-refractivity contribution in [1.29, 1.82) is 0 Å². The van der Waals surface area contributed by atoms with Gasteiger partial charge in [0.25, 0.3) is 0 Å². The summed E-state index contributed by atoms with van der Waals surface area (Å²) in [6, 6.07) is 14.7. The van der Waals surface area contributed by atoms with Crippen LogP contribution >= 0.6 is 15.9 Å². The molecule has 6 heteroatoms. The summed E-state index contributed by atoms with van der Waals surface area (Å²) in [5, 5.41) is 2.94. The van der Waals surface area contributed by atoms with Crippen LogP contribution in [0.25, 0.3) is 0 Å². The van der Waals surface area contributed by atoms with Crippen LogP contribution < -0.4 is 10.1 Å². The number of hydrogen-bond acceptors (Lipinski definition) is 3. The second-order valence-corrected chi connectivity index (χ2v) is 7.91. The summed E-state index contributed by atoms with van der Waals surface area (Å²) >= 11 is 3.47. The standard InChI is InChI=1S/C23H29BrN2O3/c1-4-5-13-25-23(28)17(2)26(16-19-7-6-8-20(24)14-19)22(27)15-18-9-11-21(29-3)12-10-18/h6-12,14,17H,4-5,13,15-16H2,1-3H3,(H,25,28)/t17-/m1/s1.